The Morgan fingerprint density at radius 3 is 2.40 bits per heavy atom. The Hall–Kier alpha value is -2.55. The maximum absolute atomic E-state index is 12.6. The van der Waals surface area contributed by atoms with Gasteiger partial charge in [0.05, 0.1) is 16.4 Å². The summed E-state index contributed by atoms with van der Waals surface area (Å²) in [6.45, 7) is 6.28. The van der Waals surface area contributed by atoms with Crippen LogP contribution in [0.2, 0.25) is 0 Å². The summed E-state index contributed by atoms with van der Waals surface area (Å²) in [7, 11) is 0. The van der Waals surface area contributed by atoms with E-state index in [2.05, 4.69) is 42.3 Å². The Labute approximate surface area is 152 Å². The van der Waals surface area contributed by atoms with Crippen LogP contribution in [-0.2, 0) is 12.8 Å². The molecule has 2 aromatic carbocycles. The molecule has 3 nitrogen and oxygen atoms in total. The summed E-state index contributed by atoms with van der Waals surface area (Å²) in [6.07, 6.45) is 1.86. The van der Waals surface area contributed by atoms with Crippen LogP contribution >= 0.6 is 12.2 Å². The summed E-state index contributed by atoms with van der Waals surface area (Å²) in [5.41, 5.74) is 5.99. The highest BCUT2D eigenvalue weighted by atomic mass is 32.1. The minimum absolute atomic E-state index is 0.317. The molecule has 3 rings (SSSR count). The van der Waals surface area contributed by atoms with Gasteiger partial charge in [-0.1, -0.05) is 32.0 Å². The van der Waals surface area contributed by atoms with Crippen molar-refractivity contribution in [3.63, 3.8) is 0 Å². The van der Waals surface area contributed by atoms with Crippen LogP contribution in [0.4, 0.5) is 5.69 Å². The van der Waals surface area contributed by atoms with Gasteiger partial charge in [0.2, 0.25) is 0 Å². The predicted octanol–water partition coefficient (Wildman–Crippen LogP) is 5.63. The van der Waals surface area contributed by atoms with E-state index >= 15 is 0 Å². The Balaban J connectivity index is 2.32. The smallest absolute Gasteiger partial charge is 0.344 e. The van der Waals surface area contributed by atoms with Crippen molar-refractivity contribution in [1.29, 1.82) is 0 Å². The fourth-order valence-corrected chi connectivity index (χ4v) is 3.52. The van der Waals surface area contributed by atoms with Crippen LogP contribution in [-0.4, -0.2) is 5.16 Å². The first-order valence-corrected chi connectivity index (χ1v) is 8.78. The van der Waals surface area contributed by atoms with Crippen molar-refractivity contribution in [2.24, 2.45) is 4.99 Å². The van der Waals surface area contributed by atoms with Crippen molar-refractivity contribution in [3.8, 4) is 11.1 Å². The van der Waals surface area contributed by atoms with E-state index < -0.39 is 0 Å². The number of aliphatic imine (C=N–C) groups is 1. The number of isothiocyanates is 1. The molecule has 1 aromatic heterocycles. The van der Waals surface area contributed by atoms with Gasteiger partial charge in [0.15, 0.2) is 0 Å². The number of hydrogen-bond acceptors (Lipinski definition) is 4. The van der Waals surface area contributed by atoms with Crippen molar-refractivity contribution in [3.05, 3.63) is 63.5 Å². The van der Waals surface area contributed by atoms with Crippen molar-refractivity contribution < 1.29 is 4.42 Å². The Morgan fingerprint density at radius 2 is 1.80 bits per heavy atom. The first kappa shape index (κ1) is 17.3. The Kier molecular flexibility index (Phi) is 4.93. The molecule has 0 fully saturated rings. The van der Waals surface area contributed by atoms with Gasteiger partial charge in [0, 0.05) is 5.39 Å². The van der Waals surface area contributed by atoms with E-state index in [1.165, 1.54) is 11.1 Å². The fraction of sp³-hybridized carbons (Fsp3) is 0.238. The molecule has 0 unspecified atom stereocenters. The maximum atomic E-state index is 12.6. The number of rotatable bonds is 4. The van der Waals surface area contributed by atoms with Gasteiger partial charge in [0.1, 0.15) is 5.58 Å². The molecule has 0 aliphatic carbocycles. The van der Waals surface area contributed by atoms with E-state index in [0.717, 1.165) is 29.4 Å². The Bertz CT molecular complexity index is 1040. The van der Waals surface area contributed by atoms with Crippen LogP contribution < -0.4 is 5.63 Å². The molecule has 0 aliphatic heterocycles. The van der Waals surface area contributed by atoms with Crippen molar-refractivity contribution in [2.75, 3.05) is 0 Å². The molecule has 0 aliphatic rings. The molecule has 0 saturated heterocycles. The predicted molar refractivity (Wildman–Crippen MR) is 106 cm³/mol. The quantitative estimate of drug-likeness (QED) is 0.348. The zero-order chi connectivity index (χ0) is 18.0. The number of fused-ring (bicyclic) bond motifs is 1. The second-order valence-electron chi connectivity index (χ2n) is 5.92. The SMILES string of the molecule is CCc1ccc2oc(=O)c(-c3ccc(N=C=S)cc3)c(C)c2c1CC. The highest BCUT2D eigenvalue weighted by molar-refractivity contribution is 7.78. The molecular formula is C21H19NO2S. The molecular weight excluding hydrogens is 330 g/mol. The molecule has 0 atom stereocenters. The van der Waals surface area contributed by atoms with E-state index in [4.69, 9.17) is 4.42 Å². The van der Waals surface area contributed by atoms with Gasteiger partial charge < -0.3 is 4.42 Å². The van der Waals surface area contributed by atoms with E-state index in [9.17, 15) is 4.79 Å². The minimum atomic E-state index is -0.317. The number of nitrogens with zero attached hydrogens (tertiary/aromatic N) is 1. The lowest BCUT2D eigenvalue weighted by molar-refractivity contribution is 0.562. The number of thiocarbonyl (C=S) groups is 1. The zero-order valence-corrected chi connectivity index (χ0v) is 15.4. The number of aryl methyl sites for hydroxylation is 3. The van der Waals surface area contributed by atoms with Crippen LogP contribution in [0, 0.1) is 6.92 Å². The standard InChI is InChI=1S/C21H19NO2S/c1-4-14-8-11-18-20(17(14)5-2)13(3)19(21(23)24-18)15-6-9-16(10-7-15)22-12-25/h6-11H,4-5H2,1-3H3. The monoisotopic (exact) mass is 349 g/mol. The van der Waals surface area contributed by atoms with E-state index in [-0.39, 0.29) is 5.63 Å². The number of hydrogen-bond donors (Lipinski definition) is 0. The first-order valence-electron chi connectivity index (χ1n) is 8.37. The average molecular weight is 349 g/mol. The molecule has 25 heavy (non-hydrogen) atoms. The van der Waals surface area contributed by atoms with Gasteiger partial charge >= 0.3 is 5.63 Å². The highest BCUT2D eigenvalue weighted by Crippen LogP contribution is 2.32. The third-order valence-corrected chi connectivity index (χ3v) is 4.68. The van der Waals surface area contributed by atoms with Crippen LogP contribution in [0.5, 0.6) is 0 Å². The van der Waals surface area contributed by atoms with E-state index in [1.54, 1.807) is 0 Å². The molecule has 126 valence electrons. The third-order valence-electron chi connectivity index (χ3n) is 4.59. The third kappa shape index (κ3) is 3.07. The van der Waals surface area contributed by atoms with Gasteiger partial charge in [-0.05, 0) is 72.4 Å². The van der Waals surface area contributed by atoms with Crippen LogP contribution in [0.1, 0.15) is 30.5 Å². The molecule has 0 spiro atoms. The molecule has 3 aromatic rings. The second kappa shape index (κ2) is 7.14. The van der Waals surface area contributed by atoms with Crippen molar-refractivity contribution in [2.45, 2.75) is 33.6 Å². The van der Waals surface area contributed by atoms with Crippen LogP contribution in [0.3, 0.4) is 0 Å². The van der Waals surface area contributed by atoms with Crippen molar-refractivity contribution >= 4 is 34.0 Å². The van der Waals surface area contributed by atoms with Gasteiger partial charge in [-0.3, -0.25) is 0 Å². The van der Waals surface area contributed by atoms with Crippen molar-refractivity contribution in [1.82, 2.24) is 0 Å². The largest absolute Gasteiger partial charge is 0.422 e. The van der Waals surface area contributed by atoms with Crippen LogP contribution in [0.25, 0.3) is 22.1 Å². The second-order valence-corrected chi connectivity index (χ2v) is 6.11. The molecule has 1 heterocycles. The topological polar surface area (TPSA) is 42.6 Å². The van der Waals surface area contributed by atoms with Gasteiger partial charge in [0.25, 0.3) is 0 Å². The molecule has 0 bridgehead atoms. The van der Waals surface area contributed by atoms with Gasteiger partial charge in [-0.15, -0.1) is 0 Å². The minimum Gasteiger partial charge on any atom is -0.422 e. The molecule has 0 radical (unpaired) electrons. The summed E-state index contributed by atoms with van der Waals surface area (Å²) in [6, 6.07) is 11.3. The summed E-state index contributed by atoms with van der Waals surface area (Å²) < 4.78 is 5.64. The van der Waals surface area contributed by atoms with E-state index in [0.29, 0.717) is 16.8 Å². The summed E-state index contributed by atoms with van der Waals surface area (Å²) in [5, 5.41) is 3.40. The van der Waals surface area contributed by atoms with E-state index in [1.807, 2.05) is 37.3 Å². The molecule has 0 saturated carbocycles. The highest BCUT2D eigenvalue weighted by Gasteiger charge is 2.17. The zero-order valence-electron chi connectivity index (χ0n) is 14.6. The van der Waals surface area contributed by atoms with Gasteiger partial charge in [-0.2, -0.15) is 4.99 Å². The number of benzene rings is 2. The molecule has 0 N–H and O–H groups in total. The lowest BCUT2D eigenvalue weighted by Crippen LogP contribution is -2.07. The fourth-order valence-electron chi connectivity index (χ4n) is 3.42. The summed E-state index contributed by atoms with van der Waals surface area (Å²) in [4.78, 5) is 16.5. The normalized spacial score (nSPS) is 10.7. The maximum Gasteiger partial charge on any atom is 0.344 e. The summed E-state index contributed by atoms with van der Waals surface area (Å²) >= 11 is 4.62. The molecule has 0 amide bonds. The first-order chi connectivity index (χ1) is 12.1. The van der Waals surface area contributed by atoms with Gasteiger partial charge in [-0.25, -0.2) is 4.79 Å². The summed E-state index contributed by atoms with van der Waals surface area (Å²) in [5.74, 6) is 0. The Morgan fingerprint density at radius 1 is 1.08 bits per heavy atom. The van der Waals surface area contributed by atoms with Crippen LogP contribution in [0.15, 0.2) is 50.6 Å². The lowest BCUT2D eigenvalue weighted by Gasteiger charge is -2.14. The molecule has 4 heteroatoms. The lowest BCUT2D eigenvalue weighted by atomic mass is 9.92. The average Bonchev–Trinajstić information content (AvgIpc) is 2.62.